The number of carbonyl (C=O) groups excluding carboxylic acids is 2. The number of likely N-dealkylation sites (N-methyl/N-ethyl adjacent to an activating group) is 1. The maximum Gasteiger partial charge on any atom is 0.286 e. The number of hydrogen-bond donors (Lipinski definition) is 3. The van der Waals surface area contributed by atoms with Gasteiger partial charge in [-0.05, 0) is 43.2 Å². The molecular weight excluding hydrogens is 522 g/mol. The number of pyridine rings is 1. The Morgan fingerprint density at radius 3 is 2.17 bits per heavy atom. The Hall–Kier alpha value is -2.72. The predicted octanol–water partition coefficient (Wildman–Crippen LogP) is 1.60. The molecule has 1 aliphatic rings. The molecule has 12 nitrogen and oxygen atoms in total. The Labute approximate surface area is 207 Å². The maximum atomic E-state index is 11.6. The quantitative estimate of drug-likeness (QED) is 0.386. The number of nitrogens with zero attached hydrogens (tertiary/aromatic N) is 2. The van der Waals surface area contributed by atoms with Gasteiger partial charge in [-0.15, -0.1) is 0 Å². The molecule has 1 aromatic heterocycles. The van der Waals surface area contributed by atoms with Gasteiger partial charge in [0, 0.05) is 13.2 Å². The molecule has 1 atom stereocenters. The van der Waals surface area contributed by atoms with E-state index in [0.717, 1.165) is 35.4 Å². The molecule has 3 N–H and O–H groups in total. The molecule has 0 spiro atoms. The van der Waals surface area contributed by atoms with Gasteiger partial charge in [-0.1, -0.05) is 30.0 Å². The van der Waals surface area contributed by atoms with Crippen LogP contribution in [0.25, 0.3) is 0 Å². The molecule has 2 aromatic rings. The molecule has 0 radical (unpaired) electrons. The van der Waals surface area contributed by atoms with E-state index in [9.17, 15) is 26.4 Å². The lowest BCUT2D eigenvalue weighted by atomic mass is 10.1. The van der Waals surface area contributed by atoms with Crippen LogP contribution in [0.1, 0.15) is 12.5 Å². The monoisotopic (exact) mass is 547 g/mol. The maximum absolute atomic E-state index is 11.6. The molecule has 3 rings (SSSR count). The third-order valence-corrected chi connectivity index (χ3v) is 8.80. The number of rotatable bonds is 9. The fraction of sp³-hybridized carbons (Fsp3) is 0.350. The summed E-state index contributed by atoms with van der Waals surface area (Å²) in [6.07, 6.45) is 2.30. The zero-order chi connectivity index (χ0) is 26.2. The second-order valence-corrected chi connectivity index (χ2v) is 12.2. The third kappa shape index (κ3) is 9.45. The minimum Gasteiger partial charge on any atom is -0.492 e. The zero-order valence-corrected chi connectivity index (χ0v) is 21.2. The van der Waals surface area contributed by atoms with E-state index < -0.39 is 24.8 Å². The zero-order valence-electron chi connectivity index (χ0n) is 18.8. The van der Waals surface area contributed by atoms with E-state index in [2.05, 4.69) is 10.3 Å². The average Bonchev–Trinajstić information content (AvgIpc) is 3.10. The Balaban J connectivity index is 0.000000367. The lowest BCUT2D eigenvalue weighted by molar-refractivity contribution is -0.118. The highest BCUT2D eigenvalue weighted by atomic mass is 32.3. The smallest absolute Gasteiger partial charge is 0.286 e. The number of imide groups is 1. The van der Waals surface area contributed by atoms with Crippen molar-refractivity contribution in [3.05, 3.63) is 54.2 Å². The summed E-state index contributed by atoms with van der Waals surface area (Å²) < 4.78 is 59.7. The van der Waals surface area contributed by atoms with Gasteiger partial charge in [0.25, 0.3) is 25.5 Å². The number of amides is 2. The molecule has 192 valence electrons. The molecule has 0 aliphatic carbocycles. The molecule has 1 saturated heterocycles. The van der Waals surface area contributed by atoms with Crippen LogP contribution in [0.4, 0.5) is 10.6 Å². The fourth-order valence-electron chi connectivity index (χ4n) is 2.61. The fourth-order valence-corrected chi connectivity index (χ4v) is 4.70. The summed E-state index contributed by atoms with van der Waals surface area (Å²) in [6.45, 7) is 1.92. The minimum absolute atomic E-state index is 0.215. The van der Waals surface area contributed by atoms with Gasteiger partial charge in [-0.3, -0.25) is 24.0 Å². The summed E-state index contributed by atoms with van der Waals surface area (Å²) >= 11 is 1.05. The van der Waals surface area contributed by atoms with E-state index in [-0.39, 0.29) is 16.4 Å². The van der Waals surface area contributed by atoms with E-state index in [4.69, 9.17) is 13.8 Å². The van der Waals surface area contributed by atoms with E-state index in [1.807, 2.05) is 54.4 Å². The number of aromatic nitrogens is 1. The first kappa shape index (κ1) is 28.5. The molecule has 0 bridgehead atoms. The van der Waals surface area contributed by atoms with Crippen molar-refractivity contribution in [1.82, 2.24) is 10.3 Å². The van der Waals surface area contributed by atoms with Crippen LogP contribution < -0.4 is 15.0 Å². The Bertz CT molecular complexity index is 1190. The highest BCUT2D eigenvalue weighted by molar-refractivity contribution is 8.15. The summed E-state index contributed by atoms with van der Waals surface area (Å²) in [5.74, 6) is 1.47. The van der Waals surface area contributed by atoms with Gasteiger partial charge < -0.3 is 9.64 Å². The van der Waals surface area contributed by atoms with Crippen LogP contribution in [-0.2, 0) is 31.5 Å². The highest BCUT2D eigenvalue weighted by Crippen LogP contribution is 2.23. The van der Waals surface area contributed by atoms with Gasteiger partial charge in [0.05, 0.1) is 11.8 Å². The minimum atomic E-state index is -4.70. The first-order chi connectivity index (χ1) is 16.3. The predicted molar refractivity (Wildman–Crippen MR) is 131 cm³/mol. The highest BCUT2D eigenvalue weighted by Gasteiger charge is 2.31. The summed E-state index contributed by atoms with van der Waals surface area (Å²) in [5, 5.41) is 1.69. The van der Waals surface area contributed by atoms with Crippen molar-refractivity contribution < 1.29 is 40.3 Å². The van der Waals surface area contributed by atoms with Gasteiger partial charge in [0.15, 0.2) is 0 Å². The van der Waals surface area contributed by atoms with Gasteiger partial charge in [-0.25, -0.2) is 4.98 Å². The molecule has 35 heavy (non-hydrogen) atoms. The number of hydrogen-bond acceptors (Lipinski definition) is 10. The summed E-state index contributed by atoms with van der Waals surface area (Å²) in [6, 6.07) is 13.4. The molecule has 2 amide bonds. The van der Waals surface area contributed by atoms with Crippen molar-refractivity contribution >= 4 is 49.0 Å². The number of nitrogens with one attached hydrogen (secondary N) is 1. The number of ether oxygens (including phenoxy) is 1. The van der Waals surface area contributed by atoms with Crippen LogP contribution >= 0.6 is 11.8 Å². The summed E-state index contributed by atoms with van der Waals surface area (Å²) in [5.41, 5.74) is 1.00. The largest absolute Gasteiger partial charge is 0.492 e. The SMILES string of the molecule is CC(S(=O)(=O)O)S(=O)(=O)O.CN(CCOc1ccc(CC2SC(=O)NC2=O)cc1)c1ccccn1. The van der Waals surface area contributed by atoms with Crippen LogP contribution in [0.2, 0.25) is 0 Å². The first-order valence-electron chi connectivity index (χ1n) is 10.1. The van der Waals surface area contributed by atoms with Gasteiger partial charge in [-0.2, -0.15) is 16.8 Å². The Morgan fingerprint density at radius 1 is 1.09 bits per heavy atom. The third-order valence-electron chi connectivity index (χ3n) is 4.69. The molecule has 2 heterocycles. The number of anilines is 1. The second-order valence-electron chi connectivity index (χ2n) is 7.29. The summed E-state index contributed by atoms with van der Waals surface area (Å²) in [7, 11) is -7.42. The molecule has 1 fully saturated rings. The van der Waals surface area contributed by atoms with Gasteiger partial charge >= 0.3 is 0 Å². The van der Waals surface area contributed by atoms with Crippen LogP contribution in [0.15, 0.2) is 48.7 Å². The van der Waals surface area contributed by atoms with Crippen LogP contribution in [0.3, 0.4) is 0 Å². The van der Waals surface area contributed by atoms with Crippen molar-refractivity contribution in [2.75, 3.05) is 25.1 Å². The van der Waals surface area contributed by atoms with Crippen molar-refractivity contribution in [2.24, 2.45) is 0 Å². The molecule has 1 unspecified atom stereocenters. The lowest BCUT2D eigenvalue weighted by Gasteiger charge is -2.18. The molecule has 15 heteroatoms. The number of carbonyl (C=O) groups is 2. The van der Waals surface area contributed by atoms with Crippen LogP contribution in [-0.4, -0.2) is 72.1 Å². The number of thioether (sulfide) groups is 1. The van der Waals surface area contributed by atoms with Crippen LogP contribution in [0, 0.1) is 0 Å². The Morgan fingerprint density at radius 2 is 1.71 bits per heavy atom. The molecule has 0 saturated carbocycles. The summed E-state index contributed by atoms with van der Waals surface area (Å²) in [4.78, 5) is 29.1. The average molecular weight is 548 g/mol. The molecular formula is C20H25N3O9S3. The van der Waals surface area contributed by atoms with E-state index >= 15 is 0 Å². The number of benzene rings is 1. The van der Waals surface area contributed by atoms with Gasteiger partial charge in [0.1, 0.15) is 18.2 Å². The molecule has 1 aromatic carbocycles. The molecule has 1 aliphatic heterocycles. The van der Waals surface area contributed by atoms with Crippen molar-refractivity contribution in [2.45, 2.75) is 23.2 Å². The standard InChI is InChI=1S/C18H19N3O3S.C2H6O6S2/c1-21(16-4-2-3-9-19-16)10-11-24-14-7-5-13(6-8-14)12-15-17(22)20-18(23)25-15;1-2(9(3,4)5)10(6,7)8/h2-9,15H,10-12H2,1H3,(H,20,22,23);2H,1H3,(H,3,4,5)(H,6,7,8). The van der Waals surface area contributed by atoms with Crippen molar-refractivity contribution in [3.8, 4) is 5.75 Å². The first-order valence-corrected chi connectivity index (χ1v) is 13.9. The van der Waals surface area contributed by atoms with E-state index in [0.29, 0.717) is 20.0 Å². The van der Waals surface area contributed by atoms with Crippen molar-refractivity contribution in [1.29, 1.82) is 0 Å². The van der Waals surface area contributed by atoms with Crippen molar-refractivity contribution in [3.63, 3.8) is 0 Å². The van der Waals surface area contributed by atoms with E-state index in [1.54, 1.807) is 6.20 Å². The van der Waals surface area contributed by atoms with Gasteiger partial charge in [0.2, 0.25) is 10.5 Å². The lowest BCUT2D eigenvalue weighted by Crippen LogP contribution is -2.25. The Kier molecular flexibility index (Phi) is 10.0. The van der Waals surface area contributed by atoms with Crippen LogP contribution in [0.5, 0.6) is 5.75 Å². The van der Waals surface area contributed by atoms with E-state index in [1.165, 1.54) is 0 Å². The normalized spacial score (nSPS) is 15.9. The second kappa shape index (κ2) is 12.3. The topological polar surface area (TPSA) is 180 Å².